The van der Waals surface area contributed by atoms with E-state index >= 15 is 4.39 Å². The summed E-state index contributed by atoms with van der Waals surface area (Å²) < 4.78 is 16.1. The maximum absolute atomic E-state index is 16.1. The van der Waals surface area contributed by atoms with Crippen LogP contribution in [0.3, 0.4) is 0 Å². The van der Waals surface area contributed by atoms with Crippen LogP contribution < -0.4 is 5.32 Å². The van der Waals surface area contributed by atoms with Gasteiger partial charge in [-0.2, -0.15) is 5.10 Å². The molecule has 0 aliphatic heterocycles. The number of amides is 1. The minimum atomic E-state index is -0.600. The minimum absolute atomic E-state index is 0.0133. The lowest BCUT2D eigenvalue weighted by Gasteiger charge is -2.09. The lowest BCUT2D eigenvalue weighted by Crippen LogP contribution is -2.14. The van der Waals surface area contributed by atoms with Crippen molar-refractivity contribution < 1.29 is 14.0 Å². The quantitative estimate of drug-likeness (QED) is 0.205. The number of carbonyl (C=O) groups is 2. The smallest absolute Gasteiger partial charge is 0.224 e. The Morgan fingerprint density at radius 2 is 1.88 bits per heavy atom. The number of nitrogens with one attached hydrogen (secondary N) is 3. The highest BCUT2D eigenvalue weighted by atomic mass is 32.1. The van der Waals surface area contributed by atoms with Crippen molar-refractivity contribution in [2.75, 3.05) is 5.32 Å². The zero-order chi connectivity index (χ0) is 28.0. The maximum Gasteiger partial charge on any atom is 0.224 e. The predicted octanol–water partition coefficient (Wildman–Crippen LogP) is 6.01. The van der Waals surface area contributed by atoms with Gasteiger partial charge in [0.05, 0.1) is 45.6 Å². The number of hydrogen-bond donors (Lipinski definition) is 3. The van der Waals surface area contributed by atoms with Crippen LogP contribution in [-0.4, -0.2) is 46.8 Å². The number of anilines is 1. The molecule has 0 bridgehead atoms. The first-order valence-electron chi connectivity index (χ1n) is 12.5. The zero-order valence-corrected chi connectivity index (χ0v) is 22.6. The SMILES string of the molecule is CC(=O)c1ccc(-c2cncc3[nH]c(-c4n[nH]c5cnc(-c6cncc(NC(=O)CC(C)C)c6)c(F)c45)nc23)s1. The van der Waals surface area contributed by atoms with Crippen molar-refractivity contribution in [1.29, 1.82) is 0 Å². The van der Waals surface area contributed by atoms with E-state index in [2.05, 4.69) is 35.5 Å². The molecule has 0 atom stereocenters. The summed E-state index contributed by atoms with van der Waals surface area (Å²) >= 11 is 1.36. The number of rotatable bonds is 7. The first-order chi connectivity index (χ1) is 19.3. The molecule has 0 spiro atoms. The summed E-state index contributed by atoms with van der Waals surface area (Å²) in [7, 11) is 0. The van der Waals surface area contributed by atoms with E-state index in [9.17, 15) is 9.59 Å². The van der Waals surface area contributed by atoms with Gasteiger partial charge in [-0.1, -0.05) is 13.8 Å². The third-order valence-corrected chi connectivity index (χ3v) is 7.49. The molecule has 6 rings (SSSR count). The Hall–Kier alpha value is -4.84. The Balaban J connectivity index is 1.41. The Bertz CT molecular complexity index is 1920. The second-order valence-electron chi connectivity index (χ2n) is 9.78. The molecular formula is C28H23FN8O2S. The van der Waals surface area contributed by atoms with Gasteiger partial charge in [0.25, 0.3) is 0 Å². The molecule has 10 nitrogen and oxygen atoms in total. The Morgan fingerprint density at radius 1 is 1.05 bits per heavy atom. The molecule has 0 saturated carbocycles. The van der Waals surface area contributed by atoms with E-state index in [1.54, 1.807) is 24.5 Å². The molecule has 0 aliphatic carbocycles. The summed E-state index contributed by atoms with van der Waals surface area (Å²) in [6.07, 6.45) is 8.18. The number of Topliss-reactive ketones (excluding diaryl/α,β-unsaturated/α-hetero) is 1. The van der Waals surface area contributed by atoms with Gasteiger partial charge in [-0.25, -0.2) is 9.37 Å². The molecule has 6 heterocycles. The number of thiophene rings is 1. The van der Waals surface area contributed by atoms with Crippen LogP contribution in [0.5, 0.6) is 0 Å². The van der Waals surface area contributed by atoms with Gasteiger partial charge in [-0.3, -0.25) is 29.6 Å². The number of carbonyl (C=O) groups excluding carboxylic acids is 2. The average Bonchev–Trinajstić information content (AvgIpc) is 3.66. The molecule has 0 unspecified atom stereocenters. The van der Waals surface area contributed by atoms with Gasteiger partial charge in [-0.05, 0) is 31.0 Å². The minimum Gasteiger partial charge on any atom is -0.335 e. The van der Waals surface area contributed by atoms with Crippen molar-refractivity contribution in [3.63, 3.8) is 0 Å². The fourth-order valence-electron chi connectivity index (χ4n) is 4.47. The molecule has 1 amide bonds. The lowest BCUT2D eigenvalue weighted by atomic mass is 10.1. The summed E-state index contributed by atoms with van der Waals surface area (Å²) in [5, 5.41) is 10.2. The van der Waals surface area contributed by atoms with Gasteiger partial charge >= 0.3 is 0 Å². The zero-order valence-electron chi connectivity index (χ0n) is 21.7. The van der Waals surface area contributed by atoms with Crippen LogP contribution in [0.25, 0.3) is 55.2 Å². The van der Waals surface area contributed by atoms with Gasteiger partial charge in [0.15, 0.2) is 17.4 Å². The largest absolute Gasteiger partial charge is 0.335 e. The number of pyridine rings is 3. The second-order valence-corrected chi connectivity index (χ2v) is 10.9. The number of ketones is 1. The number of H-pyrrole nitrogens is 2. The van der Waals surface area contributed by atoms with E-state index in [-0.39, 0.29) is 34.4 Å². The molecule has 3 N–H and O–H groups in total. The molecule has 0 aromatic carbocycles. The number of halogens is 1. The van der Waals surface area contributed by atoms with Crippen LogP contribution >= 0.6 is 11.3 Å². The highest BCUT2D eigenvalue weighted by molar-refractivity contribution is 7.17. The Labute approximate surface area is 231 Å². The molecule has 12 heteroatoms. The number of aromatic nitrogens is 7. The normalized spacial score (nSPS) is 11.5. The first kappa shape index (κ1) is 25.4. The summed E-state index contributed by atoms with van der Waals surface area (Å²) in [4.78, 5) is 46.2. The van der Waals surface area contributed by atoms with E-state index in [1.807, 2.05) is 19.9 Å². The summed E-state index contributed by atoms with van der Waals surface area (Å²) in [6.45, 7) is 5.44. The first-order valence-corrected chi connectivity index (χ1v) is 13.3. The fraction of sp³-hybridized carbons (Fsp3) is 0.179. The van der Waals surface area contributed by atoms with Gasteiger partial charge in [0, 0.05) is 34.8 Å². The van der Waals surface area contributed by atoms with Crippen LogP contribution in [0, 0.1) is 11.7 Å². The van der Waals surface area contributed by atoms with E-state index in [0.717, 1.165) is 10.4 Å². The van der Waals surface area contributed by atoms with Crippen LogP contribution in [0.2, 0.25) is 0 Å². The number of hydrogen-bond acceptors (Lipinski definition) is 8. The van der Waals surface area contributed by atoms with Crippen LogP contribution in [-0.2, 0) is 4.79 Å². The molecule has 0 saturated heterocycles. The molecule has 40 heavy (non-hydrogen) atoms. The third-order valence-electron chi connectivity index (χ3n) is 6.27. The number of fused-ring (bicyclic) bond motifs is 2. The van der Waals surface area contributed by atoms with Crippen molar-refractivity contribution in [1.82, 2.24) is 35.1 Å². The molecular weight excluding hydrogens is 531 g/mol. The molecule has 200 valence electrons. The summed E-state index contributed by atoms with van der Waals surface area (Å²) in [5.41, 5.74) is 3.63. The number of aromatic amines is 2. The van der Waals surface area contributed by atoms with Crippen molar-refractivity contribution in [2.24, 2.45) is 5.92 Å². The molecule has 0 radical (unpaired) electrons. The third kappa shape index (κ3) is 4.62. The van der Waals surface area contributed by atoms with Crippen LogP contribution in [0.15, 0.2) is 49.2 Å². The van der Waals surface area contributed by atoms with Crippen molar-refractivity contribution in [2.45, 2.75) is 27.2 Å². The van der Waals surface area contributed by atoms with E-state index in [1.165, 1.54) is 36.9 Å². The van der Waals surface area contributed by atoms with Crippen molar-refractivity contribution in [3.05, 3.63) is 59.9 Å². The summed E-state index contributed by atoms with van der Waals surface area (Å²) in [5.74, 6) is -0.209. The highest BCUT2D eigenvalue weighted by Crippen LogP contribution is 2.36. The van der Waals surface area contributed by atoms with E-state index < -0.39 is 5.82 Å². The molecule has 6 aromatic rings. The molecule has 6 aromatic heterocycles. The number of nitrogens with zero attached hydrogens (tertiary/aromatic N) is 5. The molecule has 0 aliphatic rings. The standard InChI is InChI=1S/C28H23FN8O2S/c1-13(2)6-22(39)33-16-7-15(8-30-9-16)25-24(29)23-18(12-32-25)36-37-27(23)28-34-19-11-31-10-17(26(19)35-28)21-5-4-20(40-21)14(3)38/h4-5,7-13H,6H2,1-3H3,(H,33,39)(H,34,35)(H,36,37). The fourth-order valence-corrected chi connectivity index (χ4v) is 5.38. The second kappa shape index (κ2) is 10.0. The lowest BCUT2D eigenvalue weighted by molar-refractivity contribution is -0.116. The summed E-state index contributed by atoms with van der Waals surface area (Å²) in [6, 6.07) is 5.28. The van der Waals surface area contributed by atoms with Crippen molar-refractivity contribution in [3.8, 4) is 33.2 Å². The van der Waals surface area contributed by atoms with Gasteiger partial charge < -0.3 is 10.3 Å². The topological polar surface area (TPSA) is 142 Å². The maximum atomic E-state index is 16.1. The van der Waals surface area contributed by atoms with Crippen LogP contribution in [0.4, 0.5) is 10.1 Å². The van der Waals surface area contributed by atoms with Gasteiger partial charge in [0.2, 0.25) is 5.91 Å². The van der Waals surface area contributed by atoms with Crippen molar-refractivity contribution >= 4 is 50.7 Å². The predicted molar refractivity (Wildman–Crippen MR) is 151 cm³/mol. The monoisotopic (exact) mass is 554 g/mol. The highest BCUT2D eigenvalue weighted by Gasteiger charge is 2.22. The Morgan fingerprint density at radius 3 is 2.65 bits per heavy atom. The van der Waals surface area contributed by atoms with E-state index in [0.29, 0.717) is 44.9 Å². The van der Waals surface area contributed by atoms with Crippen LogP contribution in [0.1, 0.15) is 36.9 Å². The van der Waals surface area contributed by atoms with Gasteiger partial charge in [-0.15, -0.1) is 11.3 Å². The molecule has 0 fully saturated rings. The van der Waals surface area contributed by atoms with E-state index in [4.69, 9.17) is 4.98 Å². The van der Waals surface area contributed by atoms with Gasteiger partial charge in [0.1, 0.15) is 16.9 Å². The average molecular weight is 555 g/mol. The number of imidazole rings is 1. The Kier molecular flexibility index (Phi) is 6.39.